The van der Waals surface area contributed by atoms with Gasteiger partial charge in [0, 0.05) is 0 Å². The van der Waals surface area contributed by atoms with E-state index in [2.05, 4.69) is 5.32 Å². The van der Waals surface area contributed by atoms with Gasteiger partial charge in [0.15, 0.2) is 6.61 Å². The van der Waals surface area contributed by atoms with Crippen molar-refractivity contribution in [1.82, 2.24) is 5.32 Å². The Morgan fingerprint density at radius 1 is 1.10 bits per heavy atom. The predicted molar refractivity (Wildman–Crippen MR) is 112 cm³/mol. The topological polar surface area (TPSA) is 84.9 Å². The minimum absolute atomic E-state index is 0.0961. The maximum Gasteiger partial charge on any atom is 0.258 e. The van der Waals surface area contributed by atoms with Crippen LogP contribution in [0.25, 0.3) is 0 Å². The fourth-order valence-corrected chi connectivity index (χ4v) is 4.61. The number of ether oxygens (including phenoxy) is 2. The summed E-state index contributed by atoms with van der Waals surface area (Å²) in [6, 6.07) is 16.3. The first-order valence-corrected chi connectivity index (χ1v) is 10.2. The Balaban J connectivity index is 1.29. The van der Waals surface area contributed by atoms with Crippen LogP contribution in [0.3, 0.4) is 0 Å². The summed E-state index contributed by atoms with van der Waals surface area (Å²) in [6.45, 7) is 1.89. The van der Waals surface area contributed by atoms with Crippen molar-refractivity contribution in [2.45, 2.75) is 18.6 Å². The van der Waals surface area contributed by atoms with Crippen molar-refractivity contribution in [3.05, 3.63) is 72.3 Å². The lowest BCUT2D eigenvalue weighted by molar-refractivity contribution is -0.129. The van der Waals surface area contributed by atoms with Gasteiger partial charge in [0.1, 0.15) is 11.4 Å². The Hall–Kier alpha value is -3.45. The standard InChI is InChI=1S/C24H22N2O5/c1-15-7-9-16(10-8-15)26-22(28)20-18-11-12-24(31-18,21(20)23(26)29)14-25-19(27)13-30-17-5-3-2-4-6-17/h2-12,18,20-21H,13-14H2,1H3,(H,25,27)/t18-,20-,21+,24-/m1/s1. The van der Waals surface area contributed by atoms with Gasteiger partial charge in [-0.1, -0.05) is 48.0 Å². The first-order valence-electron chi connectivity index (χ1n) is 10.2. The second-order valence-corrected chi connectivity index (χ2v) is 8.13. The van der Waals surface area contributed by atoms with Crippen molar-refractivity contribution in [3.8, 4) is 5.75 Å². The van der Waals surface area contributed by atoms with Gasteiger partial charge in [-0.3, -0.25) is 14.4 Å². The number of carbonyl (C=O) groups excluding carboxylic acids is 3. The van der Waals surface area contributed by atoms with Crippen molar-refractivity contribution < 1.29 is 23.9 Å². The van der Waals surface area contributed by atoms with Crippen LogP contribution >= 0.6 is 0 Å². The molecule has 0 radical (unpaired) electrons. The third-order valence-electron chi connectivity index (χ3n) is 6.12. The van der Waals surface area contributed by atoms with Crippen molar-refractivity contribution >= 4 is 23.4 Å². The van der Waals surface area contributed by atoms with E-state index in [-0.39, 0.29) is 30.9 Å². The van der Waals surface area contributed by atoms with Crippen molar-refractivity contribution in [1.29, 1.82) is 0 Å². The quantitative estimate of drug-likeness (QED) is 0.573. The Labute approximate surface area is 179 Å². The number of hydrogen-bond donors (Lipinski definition) is 1. The van der Waals surface area contributed by atoms with Gasteiger partial charge in [-0.25, -0.2) is 4.90 Å². The molecular formula is C24H22N2O5. The number of carbonyl (C=O) groups is 3. The molecule has 2 fully saturated rings. The van der Waals surface area contributed by atoms with Crippen molar-refractivity contribution in [2.24, 2.45) is 11.8 Å². The van der Waals surface area contributed by atoms with Crippen LogP contribution in [0.2, 0.25) is 0 Å². The van der Waals surface area contributed by atoms with Crippen LogP contribution in [-0.4, -0.2) is 42.6 Å². The molecule has 2 saturated heterocycles. The number of hydrogen-bond acceptors (Lipinski definition) is 5. The molecule has 31 heavy (non-hydrogen) atoms. The zero-order chi connectivity index (χ0) is 21.6. The average Bonchev–Trinajstić information content (AvgIpc) is 3.43. The molecule has 3 heterocycles. The van der Waals surface area contributed by atoms with Gasteiger partial charge in [-0.2, -0.15) is 0 Å². The smallest absolute Gasteiger partial charge is 0.258 e. The molecule has 3 aliphatic heterocycles. The van der Waals surface area contributed by atoms with Gasteiger partial charge >= 0.3 is 0 Å². The number of para-hydroxylation sites is 1. The van der Waals surface area contributed by atoms with Gasteiger partial charge < -0.3 is 14.8 Å². The van der Waals surface area contributed by atoms with E-state index in [1.165, 1.54) is 4.90 Å². The van der Waals surface area contributed by atoms with E-state index >= 15 is 0 Å². The average molecular weight is 418 g/mol. The fourth-order valence-electron chi connectivity index (χ4n) is 4.61. The summed E-state index contributed by atoms with van der Waals surface area (Å²) in [7, 11) is 0. The number of anilines is 1. The molecule has 0 spiro atoms. The molecule has 2 bridgehead atoms. The lowest BCUT2D eigenvalue weighted by Crippen LogP contribution is -2.49. The zero-order valence-corrected chi connectivity index (χ0v) is 17.0. The summed E-state index contributed by atoms with van der Waals surface area (Å²) in [4.78, 5) is 40.0. The lowest BCUT2D eigenvalue weighted by Gasteiger charge is -2.29. The second-order valence-electron chi connectivity index (χ2n) is 8.13. The molecule has 0 unspecified atom stereocenters. The van der Waals surface area contributed by atoms with E-state index in [0.717, 1.165) is 5.56 Å². The minimum Gasteiger partial charge on any atom is -0.484 e. The fraction of sp³-hybridized carbons (Fsp3) is 0.292. The SMILES string of the molecule is Cc1ccc(N2C(=O)[C@H]3[C@@H](C2=O)[C@]2(CNC(=O)COc4ccccc4)C=C[C@H]3O2)cc1. The Morgan fingerprint density at radius 2 is 1.84 bits per heavy atom. The summed E-state index contributed by atoms with van der Waals surface area (Å²) in [5.41, 5.74) is 0.582. The molecule has 3 amide bonds. The van der Waals surface area contributed by atoms with E-state index in [0.29, 0.717) is 11.4 Å². The number of nitrogens with zero attached hydrogens (tertiary/aromatic N) is 1. The van der Waals surface area contributed by atoms with Gasteiger partial charge in [-0.15, -0.1) is 0 Å². The normalized spacial score (nSPS) is 28.2. The third-order valence-corrected chi connectivity index (χ3v) is 6.12. The van der Waals surface area contributed by atoms with E-state index in [9.17, 15) is 14.4 Å². The predicted octanol–water partition coefficient (Wildman–Crippen LogP) is 2.00. The van der Waals surface area contributed by atoms with Crippen LogP contribution in [0.1, 0.15) is 5.56 Å². The monoisotopic (exact) mass is 418 g/mol. The first kappa shape index (κ1) is 19.5. The number of nitrogens with one attached hydrogen (secondary N) is 1. The summed E-state index contributed by atoms with van der Waals surface area (Å²) < 4.78 is 11.5. The Morgan fingerprint density at radius 3 is 2.58 bits per heavy atom. The second kappa shape index (κ2) is 7.35. The Bertz CT molecular complexity index is 1070. The van der Waals surface area contributed by atoms with Gasteiger partial charge in [-0.05, 0) is 31.2 Å². The molecule has 5 rings (SSSR count). The van der Waals surface area contributed by atoms with Crippen LogP contribution in [-0.2, 0) is 19.1 Å². The van der Waals surface area contributed by atoms with Crippen LogP contribution in [0.5, 0.6) is 5.75 Å². The lowest BCUT2D eigenvalue weighted by atomic mass is 9.77. The molecule has 158 valence electrons. The highest BCUT2D eigenvalue weighted by Crippen LogP contribution is 2.52. The zero-order valence-electron chi connectivity index (χ0n) is 17.0. The molecule has 2 aromatic carbocycles. The summed E-state index contributed by atoms with van der Waals surface area (Å²) in [5, 5.41) is 2.80. The molecule has 0 saturated carbocycles. The maximum absolute atomic E-state index is 13.3. The number of imide groups is 1. The van der Waals surface area contributed by atoms with Gasteiger partial charge in [0.2, 0.25) is 11.8 Å². The van der Waals surface area contributed by atoms with Gasteiger partial charge in [0.25, 0.3) is 5.91 Å². The Kier molecular flexibility index (Phi) is 4.63. The number of amides is 3. The van der Waals surface area contributed by atoms with E-state index < -0.39 is 23.5 Å². The minimum atomic E-state index is -1.02. The molecule has 0 aromatic heterocycles. The number of fused-ring (bicyclic) bond motifs is 5. The van der Waals surface area contributed by atoms with Crippen LogP contribution < -0.4 is 15.0 Å². The van der Waals surface area contributed by atoms with Crippen molar-refractivity contribution in [2.75, 3.05) is 18.1 Å². The molecule has 1 N–H and O–H groups in total. The molecular weight excluding hydrogens is 396 g/mol. The van der Waals surface area contributed by atoms with Crippen molar-refractivity contribution in [3.63, 3.8) is 0 Å². The summed E-state index contributed by atoms with van der Waals surface area (Å²) >= 11 is 0. The third kappa shape index (κ3) is 3.21. The molecule has 7 nitrogen and oxygen atoms in total. The van der Waals surface area contributed by atoms with Gasteiger partial charge in [0.05, 0.1) is 30.2 Å². The van der Waals surface area contributed by atoms with E-state index in [4.69, 9.17) is 9.47 Å². The first-order chi connectivity index (χ1) is 15.0. The highest BCUT2D eigenvalue weighted by Gasteiger charge is 2.67. The number of benzene rings is 2. The molecule has 4 atom stereocenters. The number of aryl methyl sites for hydroxylation is 1. The molecule has 0 aliphatic carbocycles. The van der Waals surface area contributed by atoms with Crippen LogP contribution in [0.15, 0.2) is 66.7 Å². The maximum atomic E-state index is 13.3. The molecule has 7 heteroatoms. The van der Waals surface area contributed by atoms with E-state index in [1.807, 2.05) is 43.3 Å². The van der Waals surface area contributed by atoms with Crippen LogP contribution in [0.4, 0.5) is 5.69 Å². The highest BCUT2D eigenvalue weighted by molar-refractivity contribution is 6.23. The molecule has 3 aliphatic rings. The largest absolute Gasteiger partial charge is 0.484 e. The number of rotatable bonds is 6. The highest BCUT2D eigenvalue weighted by atomic mass is 16.5. The van der Waals surface area contributed by atoms with E-state index in [1.54, 1.807) is 30.3 Å². The van der Waals surface area contributed by atoms with Crippen LogP contribution in [0, 0.1) is 18.8 Å². The summed E-state index contributed by atoms with van der Waals surface area (Å²) in [5.74, 6) is -1.51. The molecule has 2 aromatic rings. The summed E-state index contributed by atoms with van der Waals surface area (Å²) in [6.07, 6.45) is 3.16.